The van der Waals surface area contributed by atoms with Gasteiger partial charge in [-0.2, -0.15) is 0 Å². The molecule has 190 valence electrons. The third-order valence-corrected chi connectivity index (χ3v) is 6.73. The zero-order valence-electron chi connectivity index (χ0n) is 19.2. The maximum Gasteiger partial charge on any atom is 0.573 e. The zero-order chi connectivity index (χ0) is 26.8. The molecule has 0 unspecified atom stereocenters. The Labute approximate surface area is 212 Å². The number of hydrogen-bond acceptors (Lipinski definition) is 7. The number of fused-ring (bicyclic) bond motifs is 2. The highest BCUT2D eigenvalue weighted by Gasteiger charge is 2.59. The normalized spacial score (nSPS) is 22.6. The quantitative estimate of drug-likeness (QED) is 0.511. The van der Waals surface area contributed by atoms with Gasteiger partial charge in [0.1, 0.15) is 17.6 Å². The molecule has 0 saturated carbocycles. The van der Waals surface area contributed by atoms with Gasteiger partial charge in [0.05, 0.1) is 34.5 Å². The van der Waals surface area contributed by atoms with Crippen molar-refractivity contribution in [3.05, 3.63) is 95.3 Å². The summed E-state index contributed by atoms with van der Waals surface area (Å²) in [4.78, 5) is 50.4. The molecule has 0 bridgehead atoms. The first-order valence-electron chi connectivity index (χ1n) is 11.5. The predicted octanol–water partition coefficient (Wildman–Crippen LogP) is 4.45. The largest absolute Gasteiger partial charge is 0.573 e. The number of halogens is 3. The molecule has 1 saturated heterocycles. The van der Waals surface area contributed by atoms with E-state index >= 15 is 0 Å². The van der Waals surface area contributed by atoms with Gasteiger partial charge in [0, 0.05) is 17.3 Å². The number of carbonyl (C=O) groups excluding carboxylic acids is 3. The number of anilines is 1. The SMILES string of the molecule is O=C1C(C2=N[C@@H](c3ccccn3)[C@@H]3C(=O)N(c4ccc(OC(F)(F)F)cc4)C(=O)[C@H]23)=C(O)c2ccccc21. The zero-order valence-corrected chi connectivity index (χ0v) is 19.2. The number of aromatic nitrogens is 1. The summed E-state index contributed by atoms with van der Waals surface area (Å²) >= 11 is 0. The number of pyridine rings is 1. The number of rotatable bonds is 4. The first-order valence-corrected chi connectivity index (χ1v) is 11.5. The van der Waals surface area contributed by atoms with Gasteiger partial charge in [0.25, 0.3) is 0 Å². The standard InChI is InChI=1S/C27H16F3N3O5/c28-27(29,30)38-14-10-8-13(9-11-14)33-25(36)18-19(26(33)37)22(32-21(18)17-7-3-4-12-31-17)20-23(34)15-5-1-2-6-16(15)24(20)35/h1-12,18-19,21,34H/t18-,19+,21+/m1/s1. The molecule has 3 aliphatic rings. The summed E-state index contributed by atoms with van der Waals surface area (Å²) < 4.78 is 41.6. The molecule has 1 aromatic heterocycles. The summed E-state index contributed by atoms with van der Waals surface area (Å²) in [6, 6.07) is 14.8. The maximum absolute atomic E-state index is 13.7. The highest BCUT2D eigenvalue weighted by molar-refractivity contribution is 6.42. The first-order chi connectivity index (χ1) is 18.2. The van der Waals surface area contributed by atoms with Crippen LogP contribution in [0.4, 0.5) is 18.9 Å². The summed E-state index contributed by atoms with van der Waals surface area (Å²) in [7, 11) is 0. The van der Waals surface area contributed by atoms with Crippen LogP contribution >= 0.6 is 0 Å². The molecule has 11 heteroatoms. The molecular formula is C27H16F3N3O5. The fourth-order valence-corrected chi connectivity index (χ4v) is 5.18. The molecule has 1 aliphatic carbocycles. The number of ketones is 1. The number of benzene rings is 2. The number of aliphatic hydroxyl groups is 1. The van der Waals surface area contributed by atoms with E-state index in [-0.39, 0.29) is 28.3 Å². The summed E-state index contributed by atoms with van der Waals surface area (Å²) in [6.07, 6.45) is -3.40. The molecule has 0 radical (unpaired) electrons. The van der Waals surface area contributed by atoms with Crippen molar-refractivity contribution in [1.82, 2.24) is 4.98 Å². The highest BCUT2D eigenvalue weighted by Crippen LogP contribution is 2.49. The van der Waals surface area contributed by atoms with Gasteiger partial charge in [0.2, 0.25) is 11.8 Å². The smallest absolute Gasteiger partial charge is 0.506 e. The topological polar surface area (TPSA) is 109 Å². The Kier molecular flexibility index (Phi) is 5.20. The number of carbonyl (C=O) groups is 3. The van der Waals surface area contributed by atoms with E-state index in [0.29, 0.717) is 11.3 Å². The highest BCUT2D eigenvalue weighted by atomic mass is 19.4. The molecule has 2 aliphatic heterocycles. The van der Waals surface area contributed by atoms with Crippen LogP contribution in [0.5, 0.6) is 5.75 Å². The van der Waals surface area contributed by atoms with Crippen molar-refractivity contribution in [2.24, 2.45) is 16.8 Å². The van der Waals surface area contributed by atoms with Crippen LogP contribution in [0, 0.1) is 11.8 Å². The number of ether oxygens (including phenoxy) is 1. The second-order valence-electron chi connectivity index (χ2n) is 8.87. The molecule has 8 nitrogen and oxygen atoms in total. The molecule has 0 spiro atoms. The van der Waals surface area contributed by atoms with Crippen molar-refractivity contribution >= 4 is 34.8 Å². The van der Waals surface area contributed by atoms with Gasteiger partial charge in [-0.25, -0.2) is 4.90 Å². The monoisotopic (exact) mass is 519 g/mol. The average molecular weight is 519 g/mol. The van der Waals surface area contributed by atoms with Crippen LogP contribution in [-0.2, 0) is 9.59 Å². The maximum atomic E-state index is 13.7. The summed E-state index contributed by atoms with van der Waals surface area (Å²) in [5.74, 6) is -5.03. The van der Waals surface area contributed by atoms with Gasteiger partial charge in [-0.15, -0.1) is 13.2 Å². The number of imide groups is 1. The van der Waals surface area contributed by atoms with Gasteiger partial charge in [0.15, 0.2) is 5.78 Å². The summed E-state index contributed by atoms with van der Waals surface area (Å²) in [5.41, 5.74) is 0.773. The number of alkyl halides is 3. The van der Waals surface area contributed by atoms with E-state index in [1.807, 2.05) is 0 Å². The van der Waals surface area contributed by atoms with E-state index in [4.69, 9.17) is 0 Å². The number of amides is 2. The fourth-order valence-electron chi connectivity index (χ4n) is 5.18. The Balaban J connectivity index is 1.43. The fraction of sp³-hybridized carbons (Fsp3) is 0.148. The molecule has 3 heterocycles. The lowest BCUT2D eigenvalue weighted by atomic mass is 9.84. The van der Waals surface area contributed by atoms with Crippen molar-refractivity contribution in [2.75, 3.05) is 4.90 Å². The van der Waals surface area contributed by atoms with Gasteiger partial charge in [-0.1, -0.05) is 30.3 Å². The Bertz CT molecular complexity index is 1560. The molecule has 38 heavy (non-hydrogen) atoms. The van der Waals surface area contributed by atoms with Crippen LogP contribution in [0.1, 0.15) is 27.7 Å². The Morgan fingerprint density at radius 1 is 0.868 bits per heavy atom. The Morgan fingerprint density at radius 2 is 1.55 bits per heavy atom. The van der Waals surface area contributed by atoms with Gasteiger partial charge < -0.3 is 9.84 Å². The Hall–Kier alpha value is -4.80. The number of Topliss-reactive ketones (excluding diaryl/α,β-unsaturated/α-hetero) is 1. The third kappa shape index (κ3) is 3.58. The lowest BCUT2D eigenvalue weighted by molar-refractivity contribution is -0.274. The minimum Gasteiger partial charge on any atom is -0.506 e. The molecular weight excluding hydrogens is 503 g/mol. The van der Waals surface area contributed by atoms with E-state index in [1.54, 1.807) is 42.5 Å². The summed E-state index contributed by atoms with van der Waals surface area (Å²) in [6.45, 7) is 0. The van der Waals surface area contributed by atoms with Crippen LogP contribution in [0.3, 0.4) is 0 Å². The second-order valence-corrected chi connectivity index (χ2v) is 8.87. The second kappa shape index (κ2) is 8.37. The first kappa shape index (κ1) is 23.6. The van der Waals surface area contributed by atoms with Gasteiger partial charge in [-0.05, 0) is 36.4 Å². The minimum atomic E-state index is -4.90. The third-order valence-electron chi connectivity index (χ3n) is 6.73. The number of aliphatic hydroxyl groups excluding tert-OH is 1. The van der Waals surface area contributed by atoms with Gasteiger partial charge >= 0.3 is 6.36 Å². The van der Waals surface area contributed by atoms with E-state index < -0.39 is 47.6 Å². The number of allylic oxidation sites excluding steroid dienone is 1. The Morgan fingerprint density at radius 3 is 2.18 bits per heavy atom. The van der Waals surface area contributed by atoms with Crippen molar-refractivity contribution in [3.63, 3.8) is 0 Å². The van der Waals surface area contributed by atoms with Crippen molar-refractivity contribution in [2.45, 2.75) is 12.4 Å². The molecule has 1 N–H and O–H groups in total. The molecule has 2 amide bonds. The lowest BCUT2D eigenvalue weighted by Crippen LogP contribution is -2.33. The van der Waals surface area contributed by atoms with Crippen molar-refractivity contribution < 1.29 is 37.4 Å². The average Bonchev–Trinajstić information content (AvgIpc) is 3.49. The van der Waals surface area contributed by atoms with Crippen molar-refractivity contribution in [3.8, 4) is 5.75 Å². The molecule has 2 aromatic carbocycles. The molecule has 1 fully saturated rings. The van der Waals surface area contributed by atoms with Crippen LogP contribution in [0.25, 0.3) is 5.76 Å². The van der Waals surface area contributed by atoms with Gasteiger partial charge in [-0.3, -0.25) is 24.4 Å². The predicted molar refractivity (Wildman–Crippen MR) is 127 cm³/mol. The number of nitrogens with zero attached hydrogens (tertiary/aromatic N) is 3. The lowest BCUT2D eigenvalue weighted by Gasteiger charge is -2.18. The number of aliphatic imine (C=N–C) groups is 1. The van der Waals surface area contributed by atoms with E-state index in [2.05, 4.69) is 14.7 Å². The van der Waals surface area contributed by atoms with E-state index in [1.165, 1.54) is 6.20 Å². The summed E-state index contributed by atoms with van der Waals surface area (Å²) in [5, 5.41) is 11.0. The van der Waals surface area contributed by atoms with Crippen LogP contribution in [0.2, 0.25) is 0 Å². The molecule has 3 aromatic rings. The van der Waals surface area contributed by atoms with Crippen LogP contribution < -0.4 is 9.64 Å². The van der Waals surface area contributed by atoms with Crippen molar-refractivity contribution in [1.29, 1.82) is 0 Å². The number of hydrogen-bond donors (Lipinski definition) is 1. The van der Waals surface area contributed by atoms with E-state index in [9.17, 15) is 32.7 Å². The van der Waals surface area contributed by atoms with Crippen LogP contribution in [-0.4, -0.2) is 39.8 Å². The van der Waals surface area contributed by atoms with E-state index in [0.717, 1.165) is 29.2 Å². The molecule has 6 rings (SSSR count). The molecule has 3 atom stereocenters. The van der Waals surface area contributed by atoms with Crippen LogP contribution in [0.15, 0.2) is 83.5 Å². The minimum absolute atomic E-state index is 0.0257.